The molecule has 0 aliphatic carbocycles. The minimum absolute atomic E-state index is 0.0348. The van der Waals surface area contributed by atoms with Crippen LogP contribution in [0, 0.1) is 0 Å². The largest absolute Gasteiger partial charge is 0.507 e. The quantitative estimate of drug-likeness (QED) is 0.746. The molecule has 146 valence electrons. The van der Waals surface area contributed by atoms with Gasteiger partial charge < -0.3 is 10.4 Å². The van der Waals surface area contributed by atoms with Gasteiger partial charge in [-0.15, -0.1) is 5.10 Å². The predicted molar refractivity (Wildman–Crippen MR) is 97.0 cm³/mol. The molecule has 2 heterocycles. The van der Waals surface area contributed by atoms with E-state index in [2.05, 4.69) is 20.8 Å². The van der Waals surface area contributed by atoms with Crippen LogP contribution in [0.1, 0.15) is 36.5 Å². The number of phenolic OH excluding ortho intramolecular Hbond substituents is 1. The average Bonchev–Trinajstić information content (AvgIpc) is 3.08. The normalized spacial score (nSPS) is 18.8. The van der Waals surface area contributed by atoms with Crippen LogP contribution in [0.2, 0.25) is 0 Å². The number of amides is 1. The Bertz CT molecular complexity index is 900. The summed E-state index contributed by atoms with van der Waals surface area (Å²) in [6.07, 6.45) is 3.65. The molecule has 1 amide bonds. The summed E-state index contributed by atoms with van der Waals surface area (Å²) in [6, 6.07) is 4.19. The number of hydrogen-bond donors (Lipinski definition) is 2. The van der Waals surface area contributed by atoms with E-state index in [0.717, 1.165) is 12.8 Å². The first kappa shape index (κ1) is 19.2. The third kappa shape index (κ3) is 4.42. The standard InChI is InChI=1S/C16H22N6O4S/c1-2-27(25,26)21-8-4-3-5-12(10-21)18-16(24)14-7-6-13(9-15(14)23)22-11-17-19-20-22/h6-7,9,11-12,23H,2-5,8,10H2,1H3,(H,18,24)/t12-/m0/s1. The SMILES string of the molecule is CCS(=O)(=O)N1CCCC[C@H](NC(=O)c2ccc(-n3cnnn3)cc2O)C1. The monoisotopic (exact) mass is 394 g/mol. The minimum atomic E-state index is -3.31. The van der Waals surface area contributed by atoms with Gasteiger partial charge in [0.1, 0.15) is 12.1 Å². The van der Waals surface area contributed by atoms with Gasteiger partial charge in [0.2, 0.25) is 10.0 Å². The maximum atomic E-state index is 12.6. The van der Waals surface area contributed by atoms with Crippen LogP contribution in [0.25, 0.3) is 5.69 Å². The van der Waals surface area contributed by atoms with Crippen molar-refractivity contribution in [3.63, 3.8) is 0 Å². The Morgan fingerprint density at radius 3 is 2.85 bits per heavy atom. The number of hydrogen-bond acceptors (Lipinski definition) is 7. The molecule has 0 spiro atoms. The van der Waals surface area contributed by atoms with E-state index >= 15 is 0 Å². The molecule has 0 saturated carbocycles. The molecule has 27 heavy (non-hydrogen) atoms. The molecular weight excluding hydrogens is 372 g/mol. The van der Waals surface area contributed by atoms with Crippen molar-refractivity contribution in [1.29, 1.82) is 0 Å². The van der Waals surface area contributed by atoms with Gasteiger partial charge in [-0.1, -0.05) is 6.42 Å². The molecule has 11 heteroatoms. The highest BCUT2D eigenvalue weighted by atomic mass is 32.2. The Hall–Kier alpha value is -2.53. The Labute approximate surface area is 157 Å². The van der Waals surface area contributed by atoms with Crippen LogP contribution in [0.4, 0.5) is 0 Å². The highest BCUT2D eigenvalue weighted by Gasteiger charge is 2.27. The van der Waals surface area contributed by atoms with Crippen molar-refractivity contribution in [2.24, 2.45) is 0 Å². The fourth-order valence-corrected chi connectivity index (χ4v) is 4.24. The van der Waals surface area contributed by atoms with Crippen LogP contribution >= 0.6 is 0 Å². The zero-order valence-electron chi connectivity index (χ0n) is 14.9. The van der Waals surface area contributed by atoms with E-state index in [9.17, 15) is 18.3 Å². The van der Waals surface area contributed by atoms with Gasteiger partial charge in [-0.3, -0.25) is 4.79 Å². The van der Waals surface area contributed by atoms with Gasteiger partial charge >= 0.3 is 0 Å². The molecule has 1 fully saturated rings. The van der Waals surface area contributed by atoms with Crippen LogP contribution in [0.15, 0.2) is 24.5 Å². The minimum Gasteiger partial charge on any atom is -0.507 e. The highest BCUT2D eigenvalue weighted by Crippen LogP contribution is 2.22. The van der Waals surface area contributed by atoms with Crippen molar-refractivity contribution in [1.82, 2.24) is 29.8 Å². The first-order chi connectivity index (χ1) is 12.9. The van der Waals surface area contributed by atoms with Crippen molar-refractivity contribution in [3.05, 3.63) is 30.1 Å². The Balaban J connectivity index is 1.72. The van der Waals surface area contributed by atoms with E-state index in [1.165, 1.54) is 27.4 Å². The van der Waals surface area contributed by atoms with Gasteiger partial charge in [0, 0.05) is 25.2 Å². The number of rotatable bonds is 5. The van der Waals surface area contributed by atoms with Gasteiger partial charge in [-0.25, -0.2) is 13.1 Å². The van der Waals surface area contributed by atoms with Crippen LogP contribution in [0.5, 0.6) is 5.75 Å². The molecule has 0 unspecified atom stereocenters. The zero-order valence-corrected chi connectivity index (χ0v) is 15.8. The van der Waals surface area contributed by atoms with E-state index in [1.54, 1.807) is 13.0 Å². The van der Waals surface area contributed by atoms with Crippen LogP contribution in [-0.4, -0.2) is 68.8 Å². The molecule has 10 nitrogen and oxygen atoms in total. The molecule has 1 aliphatic rings. The summed E-state index contributed by atoms with van der Waals surface area (Å²) in [5, 5.41) is 23.8. The molecule has 1 aromatic carbocycles. The van der Waals surface area contributed by atoms with Gasteiger partial charge in [-0.05, 0) is 42.3 Å². The Kier molecular flexibility index (Phi) is 5.71. The number of benzene rings is 1. The fraction of sp³-hybridized carbons (Fsp3) is 0.500. The molecular formula is C16H22N6O4S. The predicted octanol–water partition coefficient (Wildman–Crippen LogP) is 0.302. The second-order valence-corrected chi connectivity index (χ2v) is 8.64. The summed E-state index contributed by atoms with van der Waals surface area (Å²) in [5.74, 6) is -0.615. The molecule has 1 aromatic heterocycles. The summed E-state index contributed by atoms with van der Waals surface area (Å²) < 4.78 is 27.1. The summed E-state index contributed by atoms with van der Waals surface area (Å²) in [7, 11) is -3.31. The number of nitrogens with zero attached hydrogens (tertiary/aromatic N) is 5. The number of carbonyl (C=O) groups is 1. The second kappa shape index (κ2) is 8.01. The molecule has 1 saturated heterocycles. The molecule has 1 aliphatic heterocycles. The van der Waals surface area contributed by atoms with E-state index < -0.39 is 15.9 Å². The maximum absolute atomic E-state index is 12.6. The molecule has 0 bridgehead atoms. The van der Waals surface area contributed by atoms with Crippen molar-refractivity contribution in [3.8, 4) is 11.4 Å². The highest BCUT2D eigenvalue weighted by molar-refractivity contribution is 7.89. The summed E-state index contributed by atoms with van der Waals surface area (Å²) >= 11 is 0. The van der Waals surface area contributed by atoms with Gasteiger partial charge in [0.15, 0.2) is 0 Å². The molecule has 3 rings (SSSR count). The van der Waals surface area contributed by atoms with Crippen molar-refractivity contribution in [2.45, 2.75) is 32.2 Å². The summed E-state index contributed by atoms with van der Waals surface area (Å²) in [6.45, 7) is 2.32. The van der Waals surface area contributed by atoms with Gasteiger partial charge in [-0.2, -0.15) is 4.31 Å². The average molecular weight is 394 g/mol. The fourth-order valence-electron chi connectivity index (χ4n) is 3.06. The first-order valence-corrected chi connectivity index (χ1v) is 10.4. The van der Waals surface area contributed by atoms with Crippen molar-refractivity contribution in [2.75, 3.05) is 18.8 Å². The zero-order chi connectivity index (χ0) is 19.4. The molecule has 2 N–H and O–H groups in total. The smallest absolute Gasteiger partial charge is 0.255 e. The van der Waals surface area contributed by atoms with Crippen molar-refractivity contribution >= 4 is 15.9 Å². The lowest BCUT2D eigenvalue weighted by Crippen LogP contribution is -2.45. The van der Waals surface area contributed by atoms with Gasteiger partial charge in [0.05, 0.1) is 17.0 Å². The number of sulfonamides is 1. The summed E-state index contributed by atoms with van der Waals surface area (Å²) in [4.78, 5) is 12.6. The lowest BCUT2D eigenvalue weighted by Gasteiger charge is -2.24. The van der Waals surface area contributed by atoms with Crippen molar-refractivity contribution < 1.29 is 18.3 Å². The second-order valence-electron chi connectivity index (χ2n) is 6.38. The summed E-state index contributed by atoms with van der Waals surface area (Å²) in [5.41, 5.74) is 0.629. The van der Waals surface area contributed by atoms with Crippen LogP contribution in [-0.2, 0) is 10.0 Å². The third-order valence-corrected chi connectivity index (χ3v) is 6.42. The Morgan fingerprint density at radius 2 is 2.19 bits per heavy atom. The van der Waals surface area contributed by atoms with Crippen LogP contribution in [0.3, 0.4) is 0 Å². The number of phenols is 1. The number of aromatic hydroxyl groups is 1. The maximum Gasteiger partial charge on any atom is 0.255 e. The first-order valence-electron chi connectivity index (χ1n) is 8.76. The Morgan fingerprint density at radius 1 is 1.37 bits per heavy atom. The lowest BCUT2D eigenvalue weighted by molar-refractivity contribution is 0.0929. The molecule has 0 radical (unpaired) electrons. The number of aromatic nitrogens is 4. The number of nitrogens with one attached hydrogen (secondary N) is 1. The lowest BCUT2D eigenvalue weighted by atomic mass is 10.1. The molecule has 2 aromatic rings. The van der Waals surface area contributed by atoms with E-state index in [1.807, 2.05) is 0 Å². The van der Waals surface area contributed by atoms with E-state index in [-0.39, 0.29) is 29.7 Å². The number of carbonyl (C=O) groups excluding carboxylic acids is 1. The topological polar surface area (TPSA) is 130 Å². The number of tetrazole rings is 1. The van der Waals surface area contributed by atoms with E-state index in [0.29, 0.717) is 18.7 Å². The van der Waals surface area contributed by atoms with E-state index in [4.69, 9.17) is 0 Å². The molecule has 1 atom stereocenters. The third-order valence-electron chi connectivity index (χ3n) is 4.57. The van der Waals surface area contributed by atoms with Gasteiger partial charge in [0.25, 0.3) is 5.91 Å². The van der Waals surface area contributed by atoms with Crippen LogP contribution < -0.4 is 5.32 Å².